The number of hydrogen-bond donors (Lipinski definition) is 2. The predicted octanol–water partition coefficient (Wildman–Crippen LogP) is 3.23. The first-order valence-corrected chi connectivity index (χ1v) is 11.8. The van der Waals surface area contributed by atoms with Crippen LogP contribution in [-0.4, -0.2) is 49.7 Å². The molecule has 0 radical (unpaired) electrons. The van der Waals surface area contributed by atoms with E-state index >= 15 is 0 Å². The summed E-state index contributed by atoms with van der Waals surface area (Å²) in [5.41, 5.74) is 9.00. The van der Waals surface area contributed by atoms with Gasteiger partial charge in [-0.25, -0.2) is 5.84 Å². The second-order valence-corrected chi connectivity index (χ2v) is 9.37. The Hall–Kier alpha value is -2.40. The summed E-state index contributed by atoms with van der Waals surface area (Å²) >= 11 is 6.53. The molecule has 0 saturated heterocycles. The Morgan fingerprint density at radius 3 is 2.70 bits per heavy atom. The molecule has 8 heteroatoms. The summed E-state index contributed by atoms with van der Waals surface area (Å²) < 4.78 is 11.3. The molecule has 1 fully saturated rings. The normalized spacial score (nSPS) is 23.3. The maximum absolute atomic E-state index is 13.5. The van der Waals surface area contributed by atoms with E-state index in [4.69, 9.17) is 39.1 Å². The number of likely N-dealkylation sites (N-methyl/N-ethyl adjacent to an activating group) is 1. The Morgan fingerprint density at radius 1 is 1.33 bits per heavy atom. The molecule has 3 unspecified atom stereocenters. The van der Waals surface area contributed by atoms with E-state index in [2.05, 4.69) is 12.8 Å². The Balaban J connectivity index is 1.91. The summed E-state index contributed by atoms with van der Waals surface area (Å²) in [5, 5.41) is 2.04. The molecule has 0 spiro atoms. The fourth-order valence-electron chi connectivity index (χ4n) is 4.92. The monoisotopic (exact) mass is 474 g/mol. The molecule has 3 rings (SSSR count). The van der Waals surface area contributed by atoms with Crippen molar-refractivity contribution in [1.82, 2.24) is 9.91 Å². The molecule has 1 aliphatic carbocycles. The number of benzene rings is 1. The molecule has 1 heterocycles. The molecule has 1 saturated carbocycles. The predicted molar refractivity (Wildman–Crippen MR) is 130 cm³/mol. The van der Waals surface area contributed by atoms with E-state index in [1.807, 2.05) is 4.90 Å². The second-order valence-electron chi connectivity index (χ2n) is 8.96. The highest BCUT2D eigenvalue weighted by atomic mass is 35.5. The number of nitrogens with zero attached hydrogens (tertiary/aromatic N) is 2. The van der Waals surface area contributed by atoms with E-state index < -0.39 is 6.04 Å². The van der Waals surface area contributed by atoms with E-state index in [0.717, 1.165) is 30.4 Å². The fourth-order valence-corrected chi connectivity index (χ4v) is 5.18. The number of halogens is 1. The summed E-state index contributed by atoms with van der Waals surface area (Å²) in [7, 11) is 3.26. The molecule has 1 aromatic carbocycles. The minimum Gasteiger partial charge on any atom is -0.487 e. The quantitative estimate of drug-likeness (QED) is 0.358. The van der Waals surface area contributed by atoms with Gasteiger partial charge in [-0.15, -0.1) is 6.42 Å². The van der Waals surface area contributed by atoms with Crippen LogP contribution in [0.15, 0.2) is 23.5 Å². The van der Waals surface area contributed by atoms with Crippen LogP contribution < -0.4 is 16.3 Å². The van der Waals surface area contributed by atoms with Crippen molar-refractivity contribution in [1.29, 1.82) is 0 Å². The van der Waals surface area contributed by atoms with Gasteiger partial charge in [0.25, 0.3) is 0 Å². The second kappa shape index (κ2) is 11.1. The maximum atomic E-state index is 13.5. The highest BCUT2D eigenvalue weighted by Crippen LogP contribution is 2.42. The lowest BCUT2D eigenvalue weighted by Gasteiger charge is -2.40. The van der Waals surface area contributed by atoms with Crippen LogP contribution in [0.5, 0.6) is 5.75 Å². The first-order valence-electron chi connectivity index (χ1n) is 11.5. The molecule has 1 aromatic rings. The van der Waals surface area contributed by atoms with Crippen LogP contribution in [0.25, 0.3) is 0 Å². The van der Waals surface area contributed by atoms with E-state index in [1.165, 1.54) is 11.4 Å². The first-order chi connectivity index (χ1) is 15.8. The van der Waals surface area contributed by atoms with Crippen LogP contribution in [0.4, 0.5) is 0 Å². The van der Waals surface area contributed by atoms with Gasteiger partial charge in [0.05, 0.1) is 18.0 Å². The average molecular weight is 475 g/mol. The van der Waals surface area contributed by atoms with Crippen LogP contribution in [0, 0.1) is 24.2 Å². The molecule has 180 valence electrons. The van der Waals surface area contributed by atoms with Gasteiger partial charge in [0.2, 0.25) is 5.91 Å². The van der Waals surface area contributed by atoms with Crippen LogP contribution in [0.1, 0.15) is 49.8 Å². The largest absolute Gasteiger partial charge is 0.487 e. The number of amides is 1. The molecular formula is C25H35ClN4O3. The van der Waals surface area contributed by atoms with Gasteiger partial charge in [0, 0.05) is 37.2 Å². The van der Waals surface area contributed by atoms with Crippen LogP contribution in [0.2, 0.25) is 5.02 Å². The highest BCUT2D eigenvalue weighted by Gasteiger charge is 2.38. The van der Waals surface area contributed by atoms with Crippen LogP contribution >= 0.6 is 11.6 Å². The van der Waals surface area contributed by atoms with Gasteiger partial charge in [-0.05, 0) is 42.9 Å². The van der Waals surface area contributed by atoms with Gasteiger partial charge in [-0.1, -0.05) is 37.3 Å². The summed E-state index contributed by atoms with van der Waals surface area (Å²) in [6, 6.07) is 3.05. The van der Waals surface area contributed by atoms with Crippen molar-refractivity contribution in [2.45, 2.75) is 45.1 Å². The number of nitrogens with two attached hydrogens (primary N) is 2. The summed E-state index contributed by atoms with van der Waals surface area (Å²) in [6.07, 6.45) is 10.9. The third-order valence-electron chi connectivity index (χ3n) is 6.78. The van der Waals surface area contributed by atoms with Crippen molar-refractivity contribution < 1.29 is 14.3 Å². The molecule has 7 nitrogen and oxygen atoms in total. The average Bonchev–Trinajstić information content (AvgIpc) is 2.80. The van der Waals surface area contributed by atoms with Crippen molar-refractivity contribution in [2.75, 3.05) is 33.9 Å². The van der Waals surface area contributed by atoms with Gasteiger partial charge in [-0.3, -0.25) is 4.79 Å². The molecule has 1 amide bonds. The van der Waals surface area contributed by atoms with Gasteiger partial charge < -0.3 is 25.1 Å². The minimum absolute atomic E-state index is 0.00923. The van der Waals surface area contributed by atoms with Crippen molar-refractivity contribution in [2.24, 2.45) is 23.4 Å². The zero-order chi connectivity index (χ0) is 24.1. The smallest absolute Gasteiger partial charge is 0.227 e. The lowest BCUT2D eigenvalue weighted by Crippen LogP contribution is -2.45. The van der Waals surface area contributed by atoms with Gasteiger partial charge in [-0.2, -0.15) is 0 Å². The van der Waals surface area contributed by atoms with E-state index in [0.29, 0.717) is 41.0 Å². The summed E-state index contributed by atoms with van der Waals surface area (Å²) in [5.74, 6) is 9.79. The summed E-state index contributed by atoms with van der Waals surface area (Å²) in [6.45, 7) is 3.07. The summed E-state index contributed by atoms with van der Waals surface area (Å²) in [4.78, 5) is 15.4. The number of hydrogen-bond acceptors (Lipinski definition) is 6. The zero-order valence-electron chi connectivity index (χ0n) is 19.8. The van der Waals surface area contributed by atoms with Crippen molar-refractivity contribution in [3.05, 3.63) is 39.7 Å². The standard InChI is InChI=1S/C25H35ClN4O3/c1-5-21-24-18(12-13-30(21)25(31)17-9-7-6-8-16(17)2)19(26)10-11-23(24)33-14-20(27)22(15-32-4)29(3)28/h1,10-11,16-17,21H,6-9,12-15,27-28H2,2-4H3/b22-20-. The number of carbonyl (C=O) groups is 1. The van der Waals surface area contributed by atoms with Gasteiger partial charge >= 0.3 is 0 Å². The number of carbonyl (C=O) groups excluding carboxylic acids is 1. The number of methoxy groups -OCH3 is 1. The van der Waals surface area contributed by atoms with E-state index in [-0.39, 0.29) is 25.0 Å². The number of rotatable bonds is 7. The maximum Gasteiger partial charge on any atom is 0.227 e. The highest BCUT2D eigenvalue weighted by molar-refractivity contribution is 6.31. The van der Waals surface area contributed by atoms with Crippen LogP contribution in [-0.2, 0) is 16.0 Å². The third kappa shape index (κ3) is 5.40. The zero-order valence-corrected chi connectivity index (χ0v) is 20.5. The SMILES string of the molecule is C#CC1c2c(OC/C(N)=C(\COC)N(C)N)ccc(Cl)c2CCN1C(=O)C1CCCCC1C. The number of terminal acetylenes is 1. The van der Waals surface area contributed by atoms with Crippen molar-refractivity contribution in [3.63, 3.8) is 0 Å². The van der Waals surface area contributed by atoms with Crippen molar-refractivity contribution >= 4 is 17.5 Å². The molecule has 33 heavy (non-hydrogen) atoms. The molecule has 0 aromatic heterocycles. The number of hydrazine groups is 1. The lowest BCUT2D eigenvalue weighted by molar-refractivity contribution is -0.140. The Labute approximate surface area is 202 Å². The first kappa shape index (κ1) is 25.2. The molecule has 0 bridgehead atoms. The Kier molecular flexibility index (Phi) is 8.52. The molecule has 3 atom stereocenters. The topological polar surface area (TPSA) is 94.1 Å². The van der Waals surface area contributed by atoms with E-state index in [9.17, 15) is 4.79 Å². The minimum atomic E-state index is -0.537. The fraction of sp³-hybridized carbons (Fsp3) is 0.560. The molecule has 2 aliphatic rings. The molecule has 4 N–H and O–H groups in total. The van der Waals surface area contributed by atoms with Gasteiger partial charge in [0.1, 0.15) is 18.4 Å². The third-order valence-corrected chi connectivity index (χ3v) is 7.13. The van der Waals surface area contributed by atoms with Crippen molar-refractivity contribution in [3.8, 4) is 18.1 Å². The Bertz CT molecular complexity index is 940. The number of ether oxygens (including phenoxy) is 2. The number of fused-ring (bicyclic) bond motifs is 1. The lowest BCUT2D eigenvalue weighted by atomic mass is 9.78. The molecular weight excluding hydrogens is 440 g/mol. The van der Waals surface area contributed by atoms with Gasteiger partial charge in [0.15, 0.2) is 0 Å². The van der Waals surface area contributed by atoms with E-state index in [1.54, 1.807) is 26.3 Å². The van der Waals surface area contributed by atoms with Crippen LogP contribution in [0.3, 0.4) is 0 Å². The molecule has 1 aliphatic heterocycles. The Morgan fingerprint density at radius 2 is 2.06 bits per heavy atom.